The van der Waals surface area contributed by atoms with E-state index in [1.54, 1.807) is 35.5 Å². The van der Waals surface area contributed by atoms with E-state index in [1.807, 2.05) is 6.07 Å². The Bertz CT molecular complexity index is 1950. The van der Waals surface area contributed by atoms with E-state index in [0.717, 1.165) is 117 Å². The van der Waals surface area contributed by atoms with Gasteiger partial charge in [-0.25, -0.2) is 0 Å². The van der Waals surface area contributed by atoms with Crippen molar-refractivity contribution >= 4 is 28.4 Å². The number of nitrogens with zero attached hydrogens (tertiary/aromatic N) is 5. The minimum absolute atomic E-state index is 0.546. The fourth-order valence-corrected chi connectivity index (χ4v) is 8.63. The van der Waals surface area contributed by atoms with E-state index in [0.29, 0.717) is 6.04 Å². The Kier molecular flexibility index (Phi) is 46.7. The molecule has 0 bridgehead atoms. The molecule has 10 heteroatoms. The van der Waals surface area contributed by atoms with Gasteiger partial charge in [-0.1, -0.05) is 111 Å². The molecule has 5 rings (SSSR count). The van der Waals surface area contributed by atoms with E-state index in [-0.39, 0.29) is 0 Å². The highest BCUT2D eigenvalue weighted by Gasteiger charge is 2.10. The van der Waals surface area contributed by atoms with Crippen molar-refractivity contribution in [3.05, 3.63) is 152 Å². The predicted octanol–water partition coefficient (Wildman–Crippen LogP) is 15.9. The van der Waals surface area contributed by atoms with Crippen LogP contribution in [0.2, 0.25) is 0 Å². The summed E-state index contributed by atoms with van der Waals surface area (Å²) in [6.07, 6.45) is 15.3. The van der Waals surface area contributed by atoms with Gasteiger partial charge in [0.15, 0.2) is 0 Å². The number of ether oxygens (including phenoxy) is 5. The van der Waals surface area contributed by atoms with Gasteiger partial charge in [-0.3, -0.25) is 0 Å². The summed E-state index contributed by atoms with van der Waals surface area (Å²) in [6, 6.07) is 53.5. The number of hydrogen-bond acceptors (Lipinski definition) is 10. The topological polar surface area (TPSA) is 62.4 Å². The summed E-state index contributed by atoms with van der Waals surface area (Å²) in [4.78, 5) is 12.1. The molecule has 0 atom stereocenters. The lowest BCUT2D eigenvalue weighted by atomic mass is 10.2. The van der Waals surface area contributed by atoms with Gasteiger partial charge in [0.25, 0.3) is 0 Å². The Hall–Kier alpha value is -5.10. The van der Waals surface area contributed by atoms with Crippen LogP contribution in [0.5, 0.6) is 0 Å². The maximum Gasteiger partial charge on any atom is 0.0462 e. The second-order valence-electron chi connectivity index (χ2n) is 19.8. The van der Waals surface area contributed by atoms with Crippen LogP contribution in [0.1, 0.15) is 118 Å². The van der Waals surface area contributed by atoms with Gasteiger partial charge in [0.1, 0.15) is 0 Å². The molecular weight excluding hydrogens is 967 g/mol. The van der Waals surface area contributed by atoms with Crippen LogP contribution in [0.4, 0.5) is 28.4 Å². The van der Waals surface area contributed by atoms with Crippen LogP contribution in [-0.4, -0.2) is 134 Å². The number of hydrogen-bond donors (Lipinski definition) is 0. The molecule has 0 unspecified atom stereocenters. The first kappa shape index (κ1) is 70.9. The smallest absolute Gasteiger partial charge is 0.0462 e. The summed E-state index contributed by atoms with van der Waals surface area (Å²) in [5.41, 5.74) is 6.59. The van der Waals surface area contributed by atoms with Gasteiger partial charge in [0.2, 0.25) is 0 Å². The van der Waals surface area contributed by atoms with Crippen molar-refractivity contribution in [3.63, 3.8) is 0 Å². The zero-order valence-electron chi connectivity index (χ0n) is 51.2. The van der Waals surface area contributed by atoms with E-state index < -0.39 is 0 Å². The predicted molar refractivity (Wildman–Crippen MR) is 341 cm³/mol. The van der Waals surface area contributed by atoms with E-state index in [9.17, 15) is 0 Å². The Labute approximate surface area is 478 Å². The van der Waals surface area contributed by atoms with Gasteiger partial charge < -0.3 is 48.2 Å². The molecule has 438 valence electrons. The molecule has 0 heterocycles. The van der Waals surface area contributed by atoms with E-state index in [4.69, 9.17) is 23.7 Å². The molecule has 5 aromatic carbocycles. The maximum absolute atomic E-state index is 5.09. The third-order valence-electron chi connectivity index (χ3n) is 13.1. The highest BCUT2D eigenvalue weighted by atomic mass is 16.5. The second-order valence-corrected chi connectivity index (χ2v) is 19.8. The molecule has 0 saturated heterocycles. The van der Waals surface area contributed by atoms with Crippen LogP contribution in [0.15, 0.2) is 152 Å². The number of para-hydroxylation sites is 5. The molecule has 0 fully saturated rings. The number of methoxy groups -OCH3 is 5. The largest absolute Gasteiger partial charge is 0.385 e. The first-order valence-electron chi connectivity index (χ1n) is 29.7. The monoisotopic (exact) mass is 1080 g/mol. The van der Waals surface area contributed by atoms with Gasteiger partial charge in [0.05, 0.1) is 0 Å². The standard InChI is InChI=1S/C15H25NO.2C14H23NO.C13H21NO.C12H19NO/c1-3-4-12-16(13-8-9-14-17-2)15-10-6-5-7-11-15;1-13(2)15(11-7-8-12-16-3)14-9-5-4-6-10-14;1-3-11-15(12-7-8-13-16-2)14-9-5-4-6-10-14;1-3-14(11-7-8-12-15-2)13-9-5-4-6-10-13;1-13(10-6-7-11-14-2)12-8-4-3-5-9-12/h5-7,10-11H,3-4,8-9,12-14H2,1-2H3;4-6,9-10,13H,7-8,11-12H2,1-3H3;4-6,9-10H,3,7-8,11-13H2,1-2H3;4-6,9-10H,3,7-8,11-12H2,1-2H3;3-5,8-9H,6-7,10-11H2,1-2H3. The molecule has 0 aliphatic rings. The molecule has 0 aliphatic heterocycles. The van der Waals surface area contributed by atoms with Gasteiger partial charge in [-0.2, -0.15) is 0 Å². The van der Waals surface area contributed by atoms with Gasteiger partial charge in [-0.05, 0) is 158 Å². The van der Waals surface area contributed by atoms with Crippen LogP contribution in [0, 0.1) is 0 Å². The van der Waals surface area contributed by atoms with Crippen LogP contribution in [-0.2, 0) is 23.7 Å². The van der Waals surface area contributed by atoms with Gasteiger partial charge in [0, 0.05) is 162 Å². The minimum Gasteiger partial charge on any atom is -0.385 e. The number of benzene rings is 5. The zero-order valence-corrected chi connectivity index (χ0v) is 51.2. The number of anilines is 5. The van der Waals surface area contributed by atoms with Crippen molar-refractivity contribution in [2.75, 3.05) is 152 Å². The third-order valence-corrected chi connectivity index (χ3v) is 13.1. The molecule has 0 aliphatic carbocycles. The molecular formula is C68H111N5O5. The summed E-state index contributed by atoms with van der Waals surface area (Å²) >= 11 is 0. The highest BCUT2D eigenvalue weighted by Crippen LogP contribution is 2.19. The Morgan fingerprint density at radius 1 is 0.308 bits per heavy atom. The minimum atomic E-state index is 0.546. The summed E-state index contributed by atoms with van der Waals surface area (Å²) in [7, 11) is 10.9. The summed E-state index contributed by atoms with van der Waals surface area (Å²) in [5.74, 6) is 0. The third kappa shape index (κ3) is 36.1. The number of unbranched alkanes of at least 4 members (excludes halogenated alkanes) is 6. The molecule has 0 N–H and O–H groups in total. The van der Waals surface area contributed by atoms with Crippen LogP contribution < -0.4 is 24.5 Å². The molecule has 0 aromatic heterocycles. The second kappa shape index (κ2) is 51.3. The fraction of sp³-hybridized carbons (Fsp3) is 0.559. The summed E-state index contributed by atoms with van der Waals surface area (Å²) in [5, 5.41) is 0. The zero-order chi connectivity index (χ0) is 56.9. The van der Waals surface area contributed by atoms with Gasteiger partial charge in [-0.15, -0.1) is 0 Å². The highest BCUT2D eigenvalue weighted by molar-refractivity contribution is 5.48. The fourth-order valence-electron chi connectivity index (χ4n) is 8.63. The van der Waals surface area contributed by atoms with Crippen molar-refractivity contribution in [3.8, 4) is 0 Å². The molecule has 0 saturated carbocycles. The quantitative estimate of drug-likeness (QED) is 0.0359. The van der Waals surface area contributed by atoms with Crippen molar-refractivity contribution in [2.45, 2.75) is 124 Å². The summed E-state index contributed by atoms with van der Waals surface area (Å²) < 4.78 is 25.3. The van der Waals surface area contributed by atoms with Crippen molar-refractivity contribution < 1.29 is 23.7 Å². The van der Waals surface area contributed by atoms with Crippen molar-refractivity contribution in [1.29, 1.82) is 0 Å². The van der Waals surface area contributed by atoms with E-state index >= 15 is 0 Å². The lowest BCUT2D eigenvalue weighted by Gasteiger charge is -2.29. The molecule has 5 aromatic rings. The Morgan fingerprint density at radius 2 is 0.603 bits per heavy atom. The van der Waals surface area contributed by atoms with Crippen LogP contribution in [0.25, 0.3) is 0 Å². The van der Waals surface area contributed by atoms with E-state index in [2.05, 4.69) is 212 Å². The Balaban J connectivity index is 0.000000488. The lowest BCUT2D eigenvalue weighted by molar-refractivity contribution is 0.193. The summed E-state index contributed by atoms with van der Waals surface area (Å²) in [6.45, 7) is 24.4. The number of rotatable bonds is 37. The van der Waals surface area contributed by atoms with Crippen LogP contribution >= 0.6 is 0 Å². The van der Waals surface area contributed by atoms with Gasteiger partial charge >= 0.3 is 0 Å². The first-order chi connectivity index (χ1) is 38.2. The molecule has 0 amide bonds. The maximum atomic E-state index is 5.09. The Morgan fingerprint density at radius 3 is 0.936 bits per heavy atom. The lowest BCUT2D eigenvalue weighted by Crippen LogP contribution is -2.31. The normalized spacial score (nSPS) is 10.4. The molecule has 0 radical (unpaired) electrons. The van der Waals surface area contributed by atoms with E-state index in [1.165, 1.54) is 79.8 Å². The average Bonchev–Trinajstić information content (AvgIpc) is 3.48. The van der Waals surface area contributed by atoms with Crippen molar-refractivity contribution in [1.82, 2.24) is 0 Å². The average molecular weight is 1080 g/mol. The first-order valence-corrected chi connectivity index (χ1v) is 29.7. The molecule has 78 heavy (non-hydrogen) atoms. The van der Waals surface area contributed by atoms with Crippen molar-refractivity contribution in [2.24, 2.45) is 0 Å². The molecule has 0 spiro atoms. The SMILES string of the molecule is CCCCN(CCCCOC)c1ccccc1.CCCN(CCCCOC)c1ccccc1.CCN(CCCCOC)c1ccccc1.COCCCCN(C)c1ccccc1.COCCCCN(c1ccccc1)C(C)C. The molecule has 10 nitrogen and oxygen atoms in total. The van der Waals surface area contributed by atoms with Crippen LogP contribution in [0.3, 0.4) is 0 Å².